The van der Waals surface area contributed by atoms with E-state index in [1.165, 1.54) is 5.56 Å². The van der Waals surface area contributed by atoms with E-state index in [0.717, 1.165) is 24.2 Å². The fourth-order valence-corrected chi connectivity index (χ4v) is 2.74. The summed E-state index contributed by atoms with van der Waals surface area (Å²) < 4.78 is 14.0. The Hall–Kier alpha value is -1.74. The lowest BCUT2D eigenvalue weighted by Crippen LogP contribution is -2.69. The second-order valence-electron chi connectivity index (χ2n) is 7.01. The van der Waals surface area contributed by atoms with Crippen LogP contribution < -0.4 is 26.6 Å². The number of nitrogens with zero attached hydrogens (tertiary/aromatic N) is 1. The molecule has 1 fully saturated rings. The topological polar surface area (TPSA) is 80.5 Å². The molecule has 0 aromatic heterocycles. The van der Waals surface area contributed by atoms with E-state index in [4.69, 9.17) is 0 Å². The molecule has 1 aliphatic rings. The maximum Gasteiger partial charge on any atom is 0.321 e. The number of hydrogen-bond acceptors (Lipinski definition) is 5. The predicted octanol–water partition coefficient (Wildman–Crippen LogP) is 1.11. The van der Waals surface area contributed by atoms with Crippen LogP contribution in [0.2, 0.25) is 0 Å². The summed E-state index contributed by atoms with van der Waals surface area (Å²) >= 11 is 0. The summed E-state index contributed by atoms with van der Waals surface area (Å²) in [6.45, 7) is 5.84. The molecule has 1 saturated heterocycles. The number of carbonyl (C=O) groups is 1. The summed E-state index contributed by atoms with van der Waals surface area (Å²) in [4.78, 5) is 14.3. The lowest BCUT2D eigenvalue weighted by molar-refractivity contribution is 0.131. The van der Waals surface area contributed by atoms with Crippen molar-refractivity contribution in [2.75, 3.05) is 39.0 Å². The molecule has 2 amide bonds. The van der Waals surface area contributed by atoms with Gasteiger partial charge in [0, 0.05) is 12.2 Å². The van der Waals surface area contributed by atoms with E-state index in [1.807, 2.05) is 46.1 Å². The molecule has 0 spiro atoms. The monoisotopic (exact) mass is 366 g/mol. The lowest BCUT2D eigenvalue weighted by atomic mass is 10.1. The summed E-state index contributed by atoms with van der Waals surface area (Å²) in [5.74, 6) is 0. The molecule has 0 bridgehead atoms. The van der Waals surface area contributed by atoms with Gasteiger partial charge < -0.3 is 15.5 Å². The second-order valence-corrected chi connectivity index (χ2v) is 7.01. The highest BCUT2D eigenvalue weighted by Crippen LogP contribution is 2.14. The van der Waals surface area contributed by atoms with Gasteiger partial charge in [-0.25, -0.2) is 9.18 Å². The zero-order chi connectivity index (χ0) is 19.1. The van der Waals surface area contributed by atoms with Crippen LogP contribution in [0.25, 0.3) is 0 Å². The van der Waals surface area contributed by atoms with E-state index in [-0.39, 0.29) is 12.6 Å². The van der Waals surface area contributed by atoms with Gasteiger partial charge in [0.1, 0.15) is 12.5 Å². The molecule has 3 unspecified atom stereocenters. The van der Waals surface area contributed by atoms with Crippen molar-refractivity contribution in [3.63, 3.8) is 0 Å². The van der Waals surface area contributed by atoms with Crippen LogP contribution >= 0.6 is 0 Å². The van der Waals surface area contributed by atoms with Crippen LogP contribution in [0.5, 0.6) is 0 Å². The Morgan fingerprint density at radius 1 is 1.31 bits per heavy atom. The van der Waals surface area contributed by atoms with Gasteiger partial charge in [-0.3, -0.25) is 16.0 Å². The number of alkyl halides is 1. The molecule has 7 nitrogen and oxygen atoms in total. The Morgan fingerprint density at radius 2 is 2.08 bits per heavy atom. The number of nitrogens with one attached hydrogen (secondary N) is 5. The van der Waals surface area contributed by atoms with Crippen molar-refractivity contribution in [1.82, 2.24) is 26.2 Å². The number of halogens is 1. The highest BCUT2D eigenvalue weighted by Gasteiger charge is 2.29. The van der Waals surface area contributed by atoms with Crippen molar-refractivity contribution in [3.05, 3.63) is 29.3 Å². The number of aryl methyl sites for hydroxylation is 2. The van der Waals surface area contributed by atoms with Crippen molar-refractivity contribution in [1.29, 1.82) is 0 Å². The van der Waals surface area contributed by atoms with E-state index in [2.05, 4.69) is 31.5 Å². The van der Waals surface area contributed by atoms with Gasteiger partial charge in [-0.2, -0.15) is 0 Å². The van der Waals surface area contributed by atoms with E-state index in [1.54, 1.807) is 0 Å². The first-order valence-electron chi connectivity index (χ1n) is 9.01. The number of carbonyl (C=O) groups excluding carboxylic acids is 1. The zero-order valence-corrected chi connectivity index (χ0v) is 16.0. The van der Waals surface area contributed by atoms with E-state index >= 15 is 0 Å². The number of hydrogen-bond donors (Lipinski definition) is 5. The van der Waals surface area contributed by atoms with Gasteiger partial charge in [0.15, 0.2) is 0 Å². The van der Waals surface area contributed by atoms with Gasteiger partial charge in [-0.1, -0.05) is 6.07 Å². The van der Waals surface area contributed by atoms with Crippen LogP contribution in [0, 0.1) is 13.8 Å². The fourth-order valence-electron chi connectivity index (χ4n) is 2.74. The van der Waals surface area contributed by atoms with Crippen molar-refractivity contribution < 1.29 is 9.18 Å². The van der Waals surface area contributed by atoms with Crippen LogP contribution in [-0.2, 0) is 0 Å². The van der Waals surface area contributed by atoms with Gasteiger partial charge in [0.25, 0.3) is 0 Å². The largest absolute Gasteiger partial charge is 0.321 e. The fraction of sp³-hybridized carbons (Fsp3) is 0.611. The molecule has 3 atom stereocenters. The first kappa shape index (κ1) is 20.6. The van der Waals surface area contributed by atoms with Crippen LogP contribution in [0.15, 0.2) is 18.2 Å². The standard InChI is InChI=1S/C18H31FN6O/c1-12-6-7-14(10-13(12)2)22-18(26)24-17-21-11-15(19)16(23-17)20-8-5-9-25(3)4/h6-7,10,15-17,20-21,23H,5,8-9,11H2,1-4H3,(H2,22,24,26). The average molecular weight is 366 g/mol. The summed E-state index contributed by atoms with van der Waals surface area (Å²) in [5, 5.41) is 14.7. The molecular weight excluding hydrogens is 335 g/mol. The van der Waals surface area contributed by atoms with E-state index in [9.17, 15) is 9.18 Å². The summed E-state index contributed by atoms with van der Waals surface area (Å²) in [6, 6.07) is 5.39. The first-order valence-corrected chi connectivity index (χ1v) is 9.01. The number of urea groups is 1. The molecule has 8 heteroatoms. The van der Waals surface area contributed by atoms with Crippen molar-refractivity contribution >= 4 is 11.7 Å². The molecule has 1 aromatic carbocycles. The molecule has 26 heavy (non-hydrogen) atoms. The Bertz CT molecular complexity index is 597. The molecule has 0 radical (unpaired) electrons. The Morgan fingerprint density at radius 3 is 2.77 bits per heavy atom. The van der Waals surface area contributed by atoms with Gasteiger partial charge in [0.05, 0.1) is 6.17 Å². The van der Waals surface area contributed by atoms with Crippen molar-refractivity contribution in [2.24, 2.45) is 0 Å². The Balaban J connectivity index is 1.78. The molecule has 5 N–H and O–H groups in total. The van der Waals surface area contributed by atoms with Gasteiger partial charge >= 0.3 is 6.03 Å². The van der Waals surface area contributed by atoms with Crippen LogP contribution in [0.4, 0.5) is 14.9 Å². The maximum atomic E-state index is 14.0. The third-order valence-corrected chi connectivity index (χ3v) is 4.41. The number of amides is 2. The minimum atomic E-state index is -1.06. The summed E-state index contributed by atoms with van der Waals surface area (Å²) in [7, 11) is 4.02. The van der Waals surface area contributed by atoms with Gasteiger partial charge in [-0.05, 0) is 70.7 Å². The normalized spacial score (nSPS) is 23.1. The SMILES string of the molecule is Cc1ccc(NC(=O)NC2NCC(F)C(NCCCN(C)C)N2)cc1C. The minimum Gasteiger partial charge on any atom is -0.310 e. The highest BCUT2D eigenvalue weighted by molar-refractivity contribution is 5.89. The van der Waals surface area contributed by atoms with Crippen LogP contribution in [0.1, 0.15) is 17.5 Å². The molecule has 0 aliphatic carbocycles. The lowest BCUT2D eigenvalue weighted by Gasteiger charge is -2.35. The number of anilines is 1. The van der Waals surface area contributed by atoms with Crippen LogP contribution in [-0.4, -0.2) is 63.3 Å². The summed E-state index contributed by atoms with van der Waals surface area (Å²) in [5.41, 5.74) is 3.01. The Kier molecular flexibility index (Phi) is 7.77. The van der Waals surface area contributed by atoms with Gasteiger partial charge in [0.2, 0.25) is 0 Å². The van der Waals surface area contributed by atoms with Crippen molar-refractivity contribution in [2.45, 2.75) is 38.9 Å². The predicted molar refractivity (Wildman–Crippen MR) is 103 cm³/mol. The molecule has 2 rings (SSSR count). The second kappa shape index (κ2) is 9.82. The Labute approximate surface area is 155 Å². The minimum absolute atomic E-state index is 0.174. The first-order chi connectivity index (χ1) is 12.3. The van der Waals surface area contributed by atoms with Gasteiger partial charge in [-0.15, -0.1) is 0 Å². The molecular formula is C18H31FN6O. The maximum absolute atomic E-state index is 14.0. The van der Waals surface area contributed by atoms with Crippen LogP contribution in [0.3, 0.4) is 0 Å². The zero-order valence-electron chi connectivity index (χ0n) is 16.0. The van der Waals surface area contributed by atoms with E-state index in [0.29, 0.717) is 6.54 Å². The third-order valence-electron chi connectivity index (χ3n) is 4.41. The molecule has 1 aliphatic heterocycles. The quantitative estimate of drug-likeness (QED) is 0.467. The number of rotatable bonds is 7. The third kappa shape index (κ3) is 6.53. The van der Waals surface area contributed by atoms with E-state index < -0.39 is 18.6 Å². The van der Waals surface area contributed by atoms with Crippen molar-refractivity contribution in [3.8, 4) is 0 Å². The number of benzene rings is 1. The molecule has 0 saturated carbocycles. The highest BCUT2D eigenvalue weighted by atomic mass is 19.1. The average Bonchev–Trinajstić information content (AvgIpc) is 2.57. The molecule has 1 heterocycles. The molecule has 146 valence electrons. The summed E-state index contributed by atoms with van der Waals surface area (Å²) in [6.07, 6.45) is -1.13. The smallest absolute Gasteiger partial charge is 0.310 e. The molecule has 1 aromatic rings.